The second kappa shape index (κ2) is 10.0. The molecular weight excluding hydrogens is 328 g/mol. The zero-order valence-electron chi connectivity index (χ0n) is 15.2. The van der Waals surface area contributed by atoms with Crippen molar-refractivity contribution in [1.82, 2.24) is 20.4 Å². The Labute approximate surface area is 151 Å². The van der Waals surface area contributed by atoms with E-state index in [2.05, 4.69) is 40.3 Å². The summed E-state index contributed by atoms with van der Waals surface area (Å²) < 4.78 is 5.26. The number of aryl methyl sites for hydroxylation is 1. The van der Waals surface area contributed by atoms with Gasteiger partial charge in [0, 0.05) is 44.4 Å². The molecule has 2 heterocycles. The summed E-state index contributed by atoms with van der Waals surface area (Å²) in [6.45, 7) is 12.3. The van der Waals surface area contributed by atoms with Gasteiger partial charge in [0.2, 0.25) is 5.91 Å². The number of carbonyl (C=O) groups excluding carboxylic acids is 1. The van der Waals surface area contributed by atoms with Crippen LogP contribution in [-0.4, -0.2) is 53.3 Å². The van der Waals surface area contributed by atoms with Crippen LogP contribution >= 0.6 is 12.4 Å². The van der Waals surface area contributed by atoms with E-state index >= 15 is 0 Å². The molecule has 0 aromatic carbocycles. The summed E-state index contributed by atoms with van der Waals surface area (Å²) in [5.41, 5.74) is 2.15. The highest BCUT2D eigenvalue weighted by atomic mass is 35.5. The van der Waals surface area contributed by atoms with E-state index in [1.807, 2.05) is 13.8 Å². The standard InChI is InChI=1S/C17H30N4O2.ClH/c1-5-23-7-6-17(22)18-16-11-21(10-15(16)12(2)3)9-14-8-13(4)19-20-14;/h8,12,15-16H,5-7,9-11H2,1-4H3,(H,18,22)(H,19,20);1H/t15-,16+;/m1./s1. The van der Waals surface area contributed by atoms with Gasteiger partial charge >= 0.3 is 0 Å². The summed E-state index contributed by atoms with van der Waals surface area (Å²) in [6.07, 6.45) is 0.438. The zero-order valence-corrected chi connectivity index (χ0v) is 16.0. The smallest absolute Gasteiger partial charge is 0.222 e. The lowest BCUT2D eigenvalue weighted by Gasteiger charge is -2.23. The molecule has 0 aliphatic carbocycles. The Balaban J connectivity index is 0.00000288. The predicted octanol–water partition coefficient (Wildman–Crippen LogP) is 2.14. The third-order valence-electron chi connectivity index (χ3n) is 4.47. The summed E-state index contributed by atoms with van der Waals surface area (Å²) in [5.74, 6) is 1.11. The number of nitrogens with zero attached hydrogens (tertiary/aromatic N) is 2. The third-order valence-corrected chi connectivity index (χ3v) is 4.47. The summed E-state index contributed by atoms with van der Waals surface area (Å²) in [5, 5.41) is 10.5. The van der Waals surface area contributed by atoms with E-state index in [-0.39, 0.29) is 24.4 Å². The topological polar surface area (TPSA) is 70.2 Å². The van der Waals surface area contributed by atoms with Gasteiger partial charge in [0.1, 0.15) is 0 Å². The van der Waals surface area contributed by atoms with E-state index in [4.69, 9.17) is 4.74 Å². The minimum atomic E-state index is 0. The highest BCUT2D eigenvalue weighted by Crippen LogP contribution is 2.25. The van der Waals surface area contributed by atoms with Crippen LogP contribution in [0.5, 0.6) is 0 Å². The molecule has 2 rings (SSSR count). The lowest BCUT2D eigenvalue weighted by atomic mass is 9.91. The number of carbonyl (C=O) groups is 1. The van der Waals surface area contributed by atoms with Gasteiger partial charge in [-0.05, 0) is 31.7 Å². The van der Waals surface area contributed by atoms with E-state index in [9.17, 15) is 4.79 Å². The van der Waals surface area contributed by atoms with Crippen LogP contribution in [0.25, 0.3) is 0 Å². The monoisotopic (exact) mass is 358 g/mol. The molecule has 1 aromatic rings. The number of hydrogen-bond donors (Lipinski definition) is 2. The van der Waals surface area contributed by atoms with Crippen molar-refractivity contribution in [3.05, 3.63) is 17.5 Å². The number of nitrogens with one attached hydrogen (secondary N) is 2. The molecule has 2 atom stereocenters. The maximum absolute atomic E-state index is 12.1. The van der Waals surface area contributed by atoms with Gasteiger partial charge < -0.3 is 10.1 Å². The fourth-order valence-corrected chi connectivity index (χ4v) is 3.24. The first-order valence-corrected chi connectivity index (χ1v) is 8.60. The van der Waals surface area contributed by atoms with Crippen LogP contribution in [0.1, 0.15) is 38.6 Å². The molecule has 24 heavy (non-hydrogen) atoms. The highest BCUT2D eigenvalue weighted by molar-refractivity contribution is 5.85. The minimum absolute atomic E-state index is 0. The molecule has 0 spiro atoms. The van der Waals surface area contributed by atoms with Crippen molar-refractivity contribution < 1.29 is 9.53 Å². The molecule has 1 amide bonds. The highest BCUT2D eigenvalue weighted by Gasteiger charge is 2.35. The Morgan fingerprint density at radius 1 is 1.50 bits per heavy atom. The fourth-order valence-electron chi connectivity index (χ4n) is 3.24. The van der Waals surface area contributed by atoms with Crippen molar-refractivity contribution in [3.8, 4) is 0 Å². The molecular formula is C17H31ClN4O2. The van der Waals surface area contributed by atoms with Gasteiger partial charge in [-0.2, -0.15) is 5.10 Å². The quantitative estimate of drug-likeness (QED) is 0.698. The van der Waals surface area contributed by atoms with Crippen LogP contribution in [0.4, 0.5) is 0 Å². The first kappa shape index (κ1) is 20.9. The molecule has 1 aliphatic rings. The van der Waals surface area contributed by atoms with Gasteiger partial charge in [-0.25, -0.2) is 0 Å². The van der Waals surface area contributed by atoms with Crippen LogP contribution in [0.3, 0.4) is 0 Å². The lowest BCUT2D eigenvalue weighted by molar-refractivity contribution is -0.123. The van der Waals surface area contributed by atoms with Crippen LogP contribution < -0.4 is 5.32 Å². The molecule has 7 heteroatoms. The number of hydrogen-bond acceptors (Lipinski definition) is 4. The largest absolute Gasteiger partial charge is 0.381 e. The number of rotatable bonds is 8. The molecule has 1 saturated heterocycles. The lowest BCUT2D eigenvalue weighted by Crippen LogP contribution is -2.42. The van der Waals surface area contributed by atoms with Gasteiger partial charge in [-0.1, -0.05) is 13.8 Å². The van der Waals surface area contributed by atoms with E-state index in [0.29, 0.717) is 31.5 Å². The first-order valence-electron chi connectivity index (χ1n) is 8.60. The van der Waals surface area contributed by atoms with Crippen molar-refractivity contribution in [2.45, 2.75) is 46.7 Å². The molecule has 1 aromatic heterocycles. The number of H-pyrrole nitrogens is 1. The molecule has 0 unspecified atom stereocenters. The van der Waals surface area contributed by atoms with E-state index in [1.165, 1.54) is 0 Å². The summed E-state index contributed by atoms with van der Waals surface area (Å²) in [4.78, 5) is 14.5. The number of likely N-dealkylation sites (tertiary alicyclic amines) is 1. The zero-order chi connectivity index (χ0) is 16.8. The normalized spacial score (nSPS) is 21.0. The Kier molecular flexibility index (Phi) is 8.73. The van der Waals surface area contributed by atoms with Gasteiger partial charge in [0.15, 0.2) is 0 Å². The first-order chi connectivity index (χ1) is 11.0. The van der Waals surface area contributed by atoms with Gasteiger partial charge in [0.25, 0.3) is 0 Å². The van der Waals surface area contributed by atoms with Crippen molar-refractivity contribution in [2.75, 3.05) is 26.3 Å². The second-order valence-corrected chi connectivity index (χ2v) is 6.77. The van der Waals surface area contributed by atoms with Crippen LogP contribution in [0.2, 0.25) is 0 Å². The summed E-state index contributed by atoms with van der Waals surface area (Å²) >= 11 is 0. The predicted molar refractivity (Wildman–Crippen MR) is 97.2 cm³/mol. The molecule has 6 nitrogen and oxygen atoms in total. The SMILES string of the molecule is CCOCCC(=O)N[C@H]1CN(Cc2cc(C)[nH]n2)C[C@@H]1C(C)C.Cl. The van der Waals surface area contributed by atoms with Crippen LogP contribution in [-0.2, 0) is 16.1 Å². The Hall–Kier alpha value is -1.11. The number of ether oxygens (including phenoxy) is 1. The number of aromatic nitrogens is 2. The molecule has 0 bridgehead atoms. The molecule has 0 radical (unpaired) electrons. The average Bonchev–Trinajstić information content (AvgIpc) is 3.06. The van der Waals surface area contributed by atoms with E-state index in [0.717, 1.165) is 31.0 Å². The van der Waals surface area contributed by atoms with Crippen LogP contribution in [0, 0.1) is 18.8 Å². The van der Waals surface area contributed by atoms with Crippen molar-refractivity contribution in [2.24, 2.45) is 11.8 Å². The maximum atomic E-state index is 12.1. The second-order valence-electron chi connectivity index (χ2n) is 6.77. The Morgan fingerprint density at radius 2 is 2.25 bits per heavy atom. The maximum Gasteiger partial charge on any atom is 0.222 e. The fraction of sp³-hybridized carbons (Fsp3) is 0.765. The Morgan fingerprint density at radius 3 is 2.83 bits per heavy atom. The molecule has 138 valence electrons. The van der Waals surface area contributed by atoms with E-state index in [1.54, 1.807) is 0 Å². The summed E-state index contributed by atoms with van der Waals surface area (Å²) in [7, 11) is 0. The number of halogens is 1. The minimum Gasteiger partial charge on any atom is -0.381 e. The third kappa shape index (κ3) is 6.07. The Bertz CT molecular complexity index is 507. The van der Waals surface area contributed by atoms with Gasteiger partial charge in [0.05, 0.1) is 12.3 Å². The average molecular weight is 359 g/mol. The van der Waals surface area contributed by atoms with Gasteiger partial charge in [-0.3, -0.25) is 14.8 Å². The van der Waals surface area contributed by atoms with E-state index < -0.39 is 0 Å². The number of aromatic amines is 1. The van der Waals surface area contributed by atoms with Crippen LogP contribution in [0.15, 0.2) is 6.07 Å². The molecule has 1 fully saturated rings. The molecule has 0 saturated carbocycles. The molecule has 2 N–H and O–H groups in total. The molecule has 1 aliphatic heterocycles. The van der Waals surface area contributed by atoms with Crippen molar-refractivity contribution in [1.29, 1.82) is 0 Å². The number of amides is 1. The summed E-state index contributed by atoms with van der Waals surface area (Å²) in [6, 6.07) is 2.29. The van der Waals surface area contributed by atoms with Gasteiger partial charge in [-0.15, -0.1) is 12.4 Å². The van der Waals surface area contributed by atoms with Crippen molar-refractivity contribution >= 4 is 18.3 Å². The van der Waals surface area contributed by atoms with Crippen molar-refractivity contribution in [3.63, 3.8) is 0 Å².